The van der Waals surface area contributed by atoms with E-state index in [2.05, 4.69) is 27.1 Å². The second-order valence-corrected chi connectivity index (χ2v) is 6.46. The average molecular weight is 482 g/mol. The predicted molar refractivity (Wildman–Crippen MR) is 119 cm³/mol. The van der Waals surface area contributed by atoms with Crippen molar-refractivity contribution in [3.63, 3.8) is 0 Å². The number of carbonyl (C=O) groups excluding carboxylic acids is 1. The fourth-order valence-electron chi connectivity index (χ4n) is 3.09. The van der Waals surface area contributed by atoms with Gasteiger partial charge in [-0.15, -0.1) is 24.0 Å². The summed E-state index contributed by atoms with van der Waals surface area (Å²) in [6, 6.07) is 7.95. The van der Waals surface area contributed by atoms with Gasteiger partial charge in [-0.2, -0.15) is 5.10 Å². The van der Waals surface area contributed by atoms with E-state index in [-0.39, 0.29) is 35.8 Å². The van der Waals surface area contributed by atoms with E-state index in [1.54, 1.807) is 0 Å². The number of halogens is 1. The summed E-state index contributed by atoms with van der Waals surface area (Å²) in [5, 5.41) is 13.8. The Balaban J connectivity index is 0.00000261. The Kier molecular flexibility index (Phi) is 8.08. The van der Waals surface area contributed by atoms with Crippen LogP contribution in [0.15, 0.2) is 41.7 Å². The number of nitrogens with zero attached hydrogens (tertiary/aromatic N) is 3. The van der Waals surface area contributed by atoms with Crippen molar-refractivity contribution in [2.24, 2.45) is 4.99 Å². The average Bonchev–Trinajstić information content (AvgIpc) is 3.04. The first-order valence-corrected chi connectivity index (χ1v) is 9.05. The normalized spacial score (nSPS) is 16.1. The molecule has 1 aromatic heterocycles. The molecule has 0 saturated heterocycles. The van der Waals surface area contributed by atoms with Crippen LogP contribution < -0.4 is 16.0 Å². The molecule has 7 nitrogen and oxygen atoms in total. The highest BCUT2D eigenvalue weighted by molar-refractivity contribution is 14.0. The van der Waals surface area contributed by atoms with E-state index >= 15 is 0 Å². The molecule has 3 N–H and O–H groups in total. The zero-order valence-corrected chi connectivity index (χ0v) is 18.1. The number of nitrogens with one attached hydrogen (secondary N) is 3. The number of aryl methyl sites for hydroxylation is 1. The van der Waals surface area contributed by atoms with Crippen LogP contribution in [0.2, 0.25) is 0 Å². The zero-order valence-electron chi connectivity index (χ0n) is 15.7. The summed E-state index contributed by atoms with van der Waals surface area (Å²) >= 11 is 0. The van der Waals surface area contributed by atoms with Crippen molar-refractivity contribution in [3.05, 3.63) is 47.8 Å². The van der Waals surface area contributed by atoms with Crippen LogP contribution in [0, 0.1) is 6.92 Å². The number of guanidine groups is 1. The van der Waals surface area contributed by atoms with Gasteiger partial charge in [-0.1, -0.05) is 18.2 Å². The number of benzene rings is 1. The SMILES string of the molecule is CCNC(=NCC1CC(=O)Nc2ccccc21)NCCn1cc(C)cn1.I. The molecule has 0 bridgehead atoms. The summed E-state index contributed by atoms with van der Waals surface area (Å²) in [6.45, 7) is 6.93. The maximum absolute atomic E-state index is 11.9. The third-order valence-corrected chi connectivity index (χ3v) is 4.32. The van der Waals surface area contributed by atoms with Crippen molar-refractivity contribution in [1.29, 1.82) is 0 Å². The molecule has 1 atom stereocenters. The Morgan fingerprint density at radius 2 is 2.19 bits per heavy atom. The van der Waals surface area contributed by atoms with Crippen molar-refractivity contribution >= 4 is 41.5 Å². The fraction of sp³-hybridized carbons (Fsp3) is 0.421. The van der Waals surface area contributed by atoms with Gasteiger partial charge in [-0.3, -0.25) is 14.5 Å². The lowest BCUT2D eigenvalue weighted by Crippen LogP contribution is -2.39. The Bertz CT molecular complexity index is 788. The highest BCUT2D eigenvalue weighted by Crippen LogP contribution is 2.31. The van der Waals surface area contributed by atoms with Crippen molar-refractivity contribution in [1.82, 2.24) is 20.4 Å². The summed E-state index contributed by atoms with van der Waals surface area (Å²) < 4.78 is 1.91. The molecule has 146 valence electrons. The zero-order chi connectivity index (χ0) is 18.4. The quantitative estimate of drug-likeness (QED) is 0.336. The number of fused-ring (bicyclic) bond motifs is 1. The Hall–Kier alpha value is -2.10. The van der Waals surface area contributed by atoms with Crippen LogP contribution in [-0.4, -0.2) is 41.3 Å². The van der Waals surface area contributed by atoms with Crippen molar-refractivity contribution in [2.75, 3.05) is 25.0 Å². The molecule has 8 heteroatoms. The molecular weight excluding hydrogens is 455 g/mol. The number of anilines is 1. The minimum absolute atomic E-state index is 0. The molecule has 0 fully saturated rings. The van der Waals surface area contributed by atoms with E-state index in [4.69, 9.17) is 4.99 Å². The van der Waals surface area contributed by atoms with Gasteiger partial charge in [0.2, 0.25) is 5.91 Å². The van der Waals surface area contributed by atoms with E-state index in [1.807, 2.05) is 49.1 Å². The lowest BCUT2D eigenvalue weighted by atomic mass is 9.91. The first-order valence-electron chi connectivity index (χ1n) is 9.05. The molecule has 1 aliphatic rings. The van der Waals surface area contributed by atoms with Crippen molar-refractivity contribution in [2.45, 2.75) is 32.7 Å². The smallest absolute Gasteiger partial charge is 0.225 e. The molecule has 27 heavy (non-hydrogen) atoms. The maximum atomic E-state index is 11.9. The third kappa shape index (κ3) is 5.95. The topological polar surface area (TPSA) is 83.3 Å². The predicted octanol–water partition coefficient (Wildman–Crippen LogP) is 2.49. The summed E-state index contributed by atoms with van der Waals surface area (Å²) in [4.78, 5) is 16.6. The molecule has 1 aromatic carbocycles. The standard InChI is InChI=1S/C19H26N6O.HI/c1-3-20-19(21-8-9-25-13-14(2)11-23-25)22-12-15-10-18(26)24-17-7-5-4-6-16(15)17;/h4-7,11,13,15H,3,8-10,12H2,1-2H3,(H,24,26)(H2,20,21,22);1H. The van der Waals surface area contributed by atoms with Crippen LogP contribution in [0.3, 0.4) is 0 Å². The van der Waals surface area contributed by atoms with E-state index in [1.165, 1.54) is 0 Å². The van der Waals surface area contributed by atoms with Gasteiger partial charge < -0.3 is 16.0 Å². The summed E-state index contributed by atoms with van der Waals surface area (Å²) in [7, 11) is 0. The van der Waals surface area contributed by atoms with Gasteiger partial charge in [-0.25, -0.2) is 0 Å². The van der Waals surface area contributed by atoms with E-state index in [9.17, 15) is 4.79 Å². The van der Waals surface area contributed by atoms with Crippen molar-refractivity contribution < 1.29 is 4.79 Å². The van der Waals surface area contributed by atoms with E-state index in [0.717, 1.165) is 42.4 Å². The highest BCUT2D eigenvalue weighted by Gasteiger charge is 2.24. The molecule has 1 unspecified atom stereocenters. The second kappa shape index (κ2) is 10.3. The lowest BCUT2D eigenvalue weighted by molar-refractivity contribution is -0.116. The number of carbonyl (C=O) groups is 1. The van der Waals surface area contributed by atoms with Crippen LogP contribution in [0.5, 0.6) is 0 Å². The van der Waals surface area contributed by atoms with Crippen molar-refractivity contribution in [3.8, 4) is 0 Å². The van der Waals surface area contributed by atoms with E-state index in [0.29, 0.717) is 13.0 Å². The first-order chi connectivity index (χ1) is 12.7. The van der Waals surface area contributed by atoms with Crippen LogP contribution in [0.25, 0.3) is 0 Å². The molecule has 1 amide bonds. The number of hydrogen-bond donors (Lipinski definition) is 3. The summed E-state index contributed by atoms with van der Waals surface area (Å²) in [6.07, 6.45) is 4.33. The summed E-state index contributed by atoms with van der Waals surface area (Å²) in [5.41, 5.74) is 3.20. The molecule has 0 radical (unpaired) electrons. The van der Waals surface area contributed by atoms with Crippen LogP contribution in [0.4, 0.5) is 5.69 Å². The van der Waals surface area contributed by atoms with Crippen LogP contribution in [0.1, 0.15) is 30.4 Å². The minimum Gasteiger partial charge on any atom is -0.357 e. The van der Waals surface area contributed by atoms with Gasteiger partial charge in [0.15, 0.2) is 5.96 Å². The fourth-order valence-corrected chi connectivity index (χ4v) is 3.09. The monoisotopic (exact) mass is 482 g/mol. The van der Waals surface area contributed by atoms with Gasteiger partial charge >= 0.3 is 0 Å². The Morgan fingerprint density at radius 3 is 2.93 bits per heavy atom. The number of aromatic nitrogens is 2. The van der Waals surface area contributed by atoms with Gasteiger partial charge in [0.1, 0.15) is 0 Å². The molecule has 1 aliphatic heterocycles. The highest BCUT2D eigenvalue weighted by atomic mass is 127. The van der Waals surface area contributed by atoms with E-state index < -0.39 is 0 Å². The number of rotatable bonds is 6. The molecule has 2 heterocycles. The Morgan fingerprint density at radius 1 is 1.37 bits per heavy atom. The molecular formula is C19H27IN6O. The van der Waals surface area contributed by atoms with Gasteiger partial charge in [0.25, 0.3) is 0 Å². The van der Waals surface area contributed by atoms with Gasteiger partial charge in [-0.05, 0) is 31.0 Å². The van der Waals surface area contributed by atoms with Gasteiger partial charge in [0, 0.05) is 37.3 Å². The number of aliphatic imine (C=N–C) groups is 1. The summed E-state index contributed by atoms with van der Waals surface area (Å²) in [5.74, 6) is 0.917. The molecule has 3 rings (SSSR count). The first kappa shape index (κ1) is 21.2. The van der Waals surface area contributed by atoms with Gasteiger partial charge in [0.05, 0.1) is 19.3 Å². The Labute approximate surface area is 177 Å². The number of para-hydroxylation sites is 1. The largest absolute Gasteiger partial charge is 0.357 e. The lowest BCUT2D eigenvalue weighted by Gasteiger charge is -2.24. The van der Waals surface area contributed by atoms with Crippen LogP contribution in [-0.2, 0) is 11.3 Å². The maximum Gasteiger partial charge on any atom is 0.225 e. The molecule has 0 aliphatic carbocycles. The van der Waals surface area contributed by atoms with Crippen LogP contribution >= 0.6 is 24.0 Å². The number of amides is 1. The third-order valence-electron chi connectivity index (χ3n) is 4.32. The second-order valence-electron chi connectivity index (χ2n) is 6.46. The molecule has 0 spiro atoms. The molecule has 2 aromatic rings. The number of hydrogen-bond acceptors (Lipinski definition) is 3. The molecule has 0 saturated carbocycles. The minimum atomic E-state index is 0.